The second-order valence-electron chi connectivity index (χ2n) is 6.34. The molecule has 0 saturated heterocycles. The van der Waals surface area contributed by atoms with E-state index in [9.17, 15) is 0 Å². The molecule has 3 aromatic rings. The molecular weight excluding hydrogens is 475 g/mol. The first-order valence-corrected chi connectivity index (χ1v) is 10.7. The SMILES string of the molecule is CCOc1cc(CNCc2cccnc2)cc(Br)c1OCc1ccc(Cl)c(Cl)c1. The molecule has 0 spiro atoms. The molecule has 2 aromatic carbocycles. The molecule has 4 nitrogen and oxygen atoms in total. The molecule has 0 saturated carbocycles. The molecule has 0 bridgehead atoms. The third-order valence-electron chi connectivity index (χ3n) is 4.12. The average Bonchev–Trinajstić information content (AvgIpc) is 2.71. The van der Waals surface area contributed by atoms with E-state index in [1.54, 1.807) is 18.3 Å². The van der Waals surface area contributed by atoms with E-state index in [-0.39, 0.29) is 0 Å². The topological polar surface area (TPSA) is 43.4 Å². The van der Waals surface area contributed by atoms with Crippen LogP contribution < -0.4 is 14.8 Å². The zero-order valence-electron chi connectivity index (χ0n) is 15.9. The Hall–Kier alpha value is -1.79. The number of benzene rings is 2. The molecule has 0 aliphatic carbocycles. The summed E-state index contributed by atoms with van der Waals surface area (Å²) in [7, 11) is 0. The number of nitrogens with zero attached hydrogens (tertiary/aromatic N) is 1. The van der Waals surface area contributed by atoms with E-state index in [0.717, 1.165) is 27.7 Å². The first kappa shape index (κ1) is 21.9. The van der Waals surface area contributed by atoms with Crippen LogP contribution in [0.1, 0.15) is 23.6 Å². The van der Waals surface area contributed by atoms with Crippen molar-refractivity contribution in [2.75, 3.05) is 6.61 Å². The Balaban J connectivity index is 1.69. The van der Waals surface area contributed by atoms with Crippen LogP contribution in [0.2, 0.25) is 10.0 Å². The fourth-order valence-electron chi connectivity index (χ4n) is 2.77. The number of halogens is 3. The Morgan fingerprint density at radius 3 is 2.52 bits per heavy atom. The molecular formula is C22H21BrCl2N2O2. The number of rotatable bonds is 9. The van der Waals surface area contributed by atoms with Crippen LogP contribution >= 0.6 is 39.1 Å². The van der Waals surface area contributed by atoms with E-state index in [2.05, 4.69) is 26.2 Å². The van der Waals surface area contributed by atoms with Gasteiger partial charge in [0.15, 0.2) is 11.5 Å². The van der Waals surface area contributed by atoms with Gasteiger partial charge < -0.3 is 14.8 Å². The number of nitrogens with one attached hydrogen (secondary N) is 1. The zero-order chi connectivity index (χ0) is 20.6. The van der Waals surface area contributed by atoms with Crippen molar-refractivity contribution in [2.45, 2.75) is 26.6 Å². The van der Waals surface area contributed by atoms with Crippen molar-refractivity contribution < 1.29 is 9.47 Å². The van der Waals surface area contributed by atoms with Crippen LogP contribution in [-0.2, 0) is 19.7 Å². The standard InChI is InChI=1S/C22H21BrCl2N2O2/c1-2-28-21-10-17(13-27-12-16-4-3-7-26-11-16)8-18(23)22(21)29-14-15-5-6-19(24)20(25)9-15/h3-11,27H,2,12-14H2,1H3. The summed E-state index contributed by atoms with van der Waals surface area (Å²) in [6.07, 6.45) is 3.63. The minimum Gasteiger partial charge on any atom is -0.490 e. The predicted molar refractivity (Wildman–Crippen MR) is 121 cm³/mol. The van der Waals surface area contributed by atoms with Gasteiger partial charge in [0.25, 0.3) is 0 Å². The highest BCUT2D eigenvalue weighted by atomic mass is 79.9. The first-order chi connectivity index (χ1) is 14.1. The molecule has 0 atom stereocenters. The van der Waals surface area contributed by atoms with Gasteiger partial charge in [-0.05, 0) is 69.9 Å². The summed E-state index contributed by atoms with van der Waals surface area (Å²) >= 11 is 15.7. The molecule has 1 N–H and O–H groups in total. The van der Waals surface area contributed by atoms with E-state index >= 15 is 0 Å². The van der Waals surface area contributed by atoms with Crippen molar-refractivity contribution in [2.24, 2.45) is 0 Å². The normalized spacial score (nSPS) is 10.8. The monoisotopic (exact) mass is 494 g/mol. The van der Waals surface area contributed by atoms with Gasteiger partial charge >= 0.3 is 0 Å². The van der Waals surface area contributed by atoms with Crippen LogP contribution in [0, 0.1) is 0 Å². The van der Waals surface area contributed by atoms with Crippen LogP contribution in [-0.4, -0.2) is 11.6 Å². The summed E-state index contributed by atoms with van der Waals surface area (Å²) in [5.41, 5.74) is 3.15. The summed E-state index contributed by atoms with van der Waals surface area (Å²) in [6.45, 7) is 4.28. The molecule has 1 aromatic heterocycles. The van der Waals surface area contributed by atoms with Gasteiger partial charge in [-0.15, -0.1) is 0 Å². The molecule has 152 valence electrons. The lowest BCUT2D eigenvalue weighted by molar-refractivity contribution is 0.267. The van der Waals surface area contributed by atoms with Crippen molar-refractivity contribution in [3.05, 3.63) is 86.1 Å². The third-order valence-corrected chi connectivity index (χ3v) is 5.45. The molecule has 0 fully saturated rings. The molecule has 29 heavy (non-hydrogen) atoms. The number of hydrogen-bond acceptors (Lipinski definition) is 4. The maximum atomic E-state index is 6.09. The molecule has 0 radical (unpaired) electrons. The summed E-state index contributed by atoms with van der Waals surface area (Å²) in [4.78, 5) is 4.13. The first-order valence-electron chi connectivity index (χ1n) is 9.18. The molecule has 0 amide bonds. The number of ether oxygens (including phenoxy) is 2. The van der Waals surface area contributed by atoms with Gasteiger partial charge in [-0.1, -0.05) is 35.3 Å². The highest BCUT2D eigenvalue weighted by molar-refractivity contribution is 9.10. The number of pyridine rings is 1. The molecule has 3 rings (SSSR count). The van der Waals surface area contributed by atoms with Gasteiger partial charge in [0, 0.05) is 25.5 Å². The number of hydrogen-bond donors (Lipinski definition) is 1. The predicted octanol–water partition coefficient (Wildman–Crippen LogP) is 6.42. The molecule has 1 heterocycles. The van der Waals surface area contributed by atoms with Crippen molar-refractivity contribution in [3.8, 4) is 11.5 Å². The van der Waals surface area contributed by atoms with Crippen molar-refractivity contribution in [1.82, 2.24) is 10.3 Å². The Kier molecular flexibility index (Phi) is 8.19. The Labute approximate surface area is 189 Å². The fourth-order valence-corrected chi connectivity index (χ4v) is 3.69. The van der Waals surface area contributed by atoms with Gasteiger partial charge in [-0.2, -0.15) is 0 Å². The summed E-state index contributed by atoms with van der Waals surface area (Å²) in [5.74, 6) is 1.36. The average molecular weight is 496 g/mol. The van der Waals surface area contributed by atoms with Gasteiger partial charge in [-0.25, -0.2) is 0 Å². The van der Waals surface area contributed by atoms with E-state index in [4.69, 9.17) is 32.7 Å². The number of aromatic nitrogens is 1. The summed E-state index contributed by atoms with van der Waals surface area (Å²) < 4.78 is 12.7. The fraction of sp³-hybridized carbons (Fsp3) is 0.227. The molecule has 0 aliphatic rings. The Bertz CT molecular complexity index is 955. The van der Waals surface area contributed by atoms with E-state index < -0.39 is 0 Å². The van der Waals surface area contributed by atoms with Crippen molar-refractivity contribution in [3.63, 3.8) is 0 Å². The van der Waals surface area contributed by atoms with Crippen LogP contribution in [0.15, 0.2) is 59.3 Å². The van der Waals surface area contributed by atoms with Crippen LogP contribution in [0.5, 0.6) is 11.5 Å². The quantitative estimate of drug-likeness (QED) is 0.372. The maximum Gasteiger partial charge on any atom is 0.175 e. The lowest BCUT2D eigenvalue weighted by Gasteiger charge is -2.16. The van der Waals surface area contributed by atoms with Crippen LogP contribution in [0.25, 0.3) is 0 Å². The van der Waals surface area contributed by atoms with Crippen molar-refractivity contribution >= 4 is 39.1 Å². The van der Waals surface area contributed by atoms with Crippen LogP contribution in [0.3, 0.4) is 0 Å². The van der Waals surface area contributed by atoms with Gasteiger partial charge in [0.2, 0.25) is 0 Å². The lowest BCUT2D eigenvalue weighted by atomic mass is 10.2. The third kappa shape index (κ3) is 6.34. The van der Waals surface area contributed by atoms with Crippen LogP contribution in [0.4, 0.5) is 0 Å². The van der Waals surface area contributed by atoms with Gasteiger partial charge in [-0.3, -0.25) is 4.98 Å². The smallest absolute Gasteiger partial charge is 0.175 e. The van der Waals surface area contributed by atoms with Gasteiger partial charge in [0.1, 0.15) is 6.61 Å². The van der Waals surface area contributed by atoms with E-state index in [1.807, 2.05) is 43.5 Å². The summed E-state index contributed by atoms with van der Waals surface area (Å²) in [5, 5.41) is 4.45. The van der Waals surface area contributed by atoms with Gasteiger partial charge in [0.05, 0.1) is 21.1 Å². The van der Waals surface area contributed by atoms with Crippen molar-refractivity contribution in [1.29, 1.82) is 0 Å². The molecule has 7 heteroatoms. The minimum absolute atomic E-state index is 0.355. The largest absolute Gasteiger partial charge is 0.490 e. The minimum atomic E-state index is 0.355. The lowest BCUT2D eigenvalue weighted by Crippen LogP contribution is -2.13. The molecule has 0 aliphatic heterocycles. The van der Waals surface area contributed by atoms with E-state index in [1.165, 1.54) is 0 Å². The second-order valence-corrected chi connectivity index (χ2v) is 8.01. The highest BCUT2D eigenvalue weighted by Crippen LogP contribution is 2.37. The maximum absolute atomic E-state index is 6.09. The zero-order valence-corrected chi connectivity index (χ0v) is 19.0. The highest BCUT2D eigenvalue weighted by Gasteiger charge is 2.13. The molecule has 0 unspecified atom stereocenters. The second kappa shape index (κ2) is 10.8. The van der Waals surface area contributed by atoms with E-state index in [0.29, 0.717) is 41.3 Å². The Morgan fingerprint density at radius 2 is 1.79 bits per heavy atom. The Morgan fingerprint density at radius 1 is 0.966 bits per heavy atom. The summed E-state index contributed by atoms with van der Waals surface area (Å²) in [6, 6.07) is 13.5.